The number of aryl methyl sites for hydroxylation is 1. The highest BCUT2D eigenvalue weighted by Crippen LogP contribution is 2.31. The van der Waals surface area contributed by atoms with Crippen molar-refractivity contribution in [3.05, 3.63) is 47.3 Å². The summed E-state index contributed by atoms with van der Waals surface area (Å²) < 4.78 is 34.3. The molecular weight excluding hydrogens is 254 g/mol. The molecule has 1 aromatic heterocycles. The summed E-state index contributed by atoms with van der Waals surface area (Å²) in [6.07, 6.45) is 1.46. The lowest BCUT2D eigenvalue weighted by atomic mass is 10.0. The van der Waals surface area contributed by atoms with Crippen LogP contribution in [0.3, 0.4) is 0 Å². The van der Waals surface area contributed by atoms with E-state index in [1.165, 1.54) is 36.2 Å². The zero-order valence-corrected chi connectivity index (χ0v) is 10.5. The van der Waals surface area contributed by atoms with Gasteiger partial charge >= 0.3 is 0 Å². The third-order valence-electron chi connectivity index (χ3n) is 2.90. The third-order valence-corrected chi connectivity index (χ3v) is 2.90. The Morgan fingerprint density at radius 3 is 2.53 bits per heavy atom. The van der Waals surface area contributed by atoms with E-state index in [0.717, 1.165) is 0 Å². The number of benzene rings is 1. The lowest BCUT2D eigenvalue weighted by Crippen LogP contribution is -2.32. The topological polar surface area (TPSA) is 65.1 Å². The van der Waals surface area contributed by atoms with E-state index in [9.17, 15) is 8.78 Å². The minimum Gasteiger partial charge on any atom is -0.493 e. The van der Waals surface area contributed by atoms with Crippen molar-refractivity contribution in [1.82, 2.24) is 15.2 Å². The standard InChI is InChI=1S/C12H14F2N4O/c1-18-12(9(19-2)6-16-18)11(17-15)10-7(13)4-3-5-8(10)14/h3-6,11,17H,15H2,1-2H3. The van der Waals surface area contributed by atoms with Crippen molar-refractivity contribution in [3.63, 3.8) is 0 Å². The number of hydrogen-bond acceptors (Lipinski definition) is 4. The first kappa shape index (κ1) is 13.4. The molecule has 1 aromatic carbocycles. The maximum absolute atomic E-state index is 13.8. The molecular formula is C12H14F2N4O. The molecule has 0 saturated carbocycles. The fourth-order valence-electron chi connectivity index (χ4n) is 2.00. The van der Waals surface area contributed by atoms with Gasteiger partial charge in [-0.2, -0.15) is 5.10 Å². The predicted molar refractivity (Wildman–Crippen MR) is 65.3 cm³/mol. The average molecular weight is 268 g/mol. The molecule has 0 fully saturated rings. The summed E-state index contributed by atoms with van der Waals surface area (Å²) in [4.78, 5) is 0. The molecule has 0 radical (unpaired) electrons. The molecule has 0 amide bonds. The van der Waals surface area contributed by atoms with Gasteiger partial charge in [0.2, 0.25) is 0 Å². The number of hydrogen-bond donors (Lipinski definition) is 2. The molecule has 102 valence electrons. The fourth-order valence-corrected chi connectivity index (χ4v) is 2.00. The van der Waals surface area contributed by atoms with Gasteiger partial charge in [-0.05, 0) is 12.1 Å². The van der Waals surface area contributed by atoms with Crippen molar-refractivity contribution in [2.45, 2.75) is 6.04 Å². The average Bonchev–Trinajstić information content (AvgIpc) is 2.75. The second-order valence-corrected chi connectivity index (χ2v) is 3.96. The normalized spacial score (nSPS) is 12.5. The molecule has 0 bridgehead atoms. The van der Waals surface area contributed by atoms with E-state index in [0.29, 0.717) is 11.4 Å². The molecule has 2 rings (SSSR count). The van der Waals surface area contributed by atoms with Crippen molar-refractivity contribution in [1.29, 1.82) is 0 Å². The summed E-state index contributed by atoms with van der Waals surface area (Å²) in [5, 5.41) is 3.99. The van der Waals surface area contributed by atoms with Crippen LogP contribution in [-0.2, 0) is 7.05 Å². The molecule has 5 nitrogen and oxygen atoms in total. The van der Waals surface area contributed by atoms with Gasteiger partial charge in [-0.15, -0.1) is 0 Å². The van der Waals surface area contributed by atoms with Crippen molar-refractivity contribution in [2.24, 2.45) is 12.9 Å². The van der Waals surface area contributed by atoms with Crippen molar-refractivity contribution < 1.29 is 13.5 Å². The van der Waals surface area contributed by atoms with Crippen LogP contribution in [0.25, 0.3) is 0 Å². The molecule has 0 aliphatic carbocycles. The highest BCUT2D eigenvalue weighted by atomic mass is 19.1. The van der Waals surface area contributed by atoms with E-state index in [4.69, 9.17) is 10.6 Å². The molecule has 7 heteroatoms. The van der Waals surface area contributed by atoms with Crippen LogP contribution in [0.1, 0.15) is 17.3 Å². The zero-order valence-electron chi connectivity index (χ0n) is 10.5. The Kier molecular flexibility index (Phi) is 3.77. The Balaban J connectivity index is 2.59. The number of nitrogens with zero attached hydrogens (tertiary/aromatic N) is 2. The van der Waals surface area contributed by atoms with Crippen molar-refractivity contribution in [2.75, 3.05) is 7.11 Å². The SMILES string of the molecule is COc1cnn(C)c1C(NN)c1c(F)cccc1F. The number of ether oxygens (including phenoxy) is 1. The monoisotopic (exact) mass is 268 g/mol. The first-order valence-electron chi connectivity index (χ1n) is 5.56. The van der Waals surface area contributed by atoms with Crippen molar-refractivity contribution in [3.8, 4) is 5.75 Å². The molecule has 19 heavy (non-hydrogen) atoms. The Morgan fingerprint density at radius 1 is 1.37 bits per heavy atom. The van der Waals surface area contributed by atoms with Crippen LogP contribution in [0.2, 0.25) is 0 Å². The molecule has 0 aliphatic heterocycles. The van der Waals surface area contributed by atoms with Gasteiger partial charge in [0, 0.05) is 12.6 Å². The Hall–Kier alpha value is -1.99. The first-order chi connectivity index (χ1) is 9.10. The van der Waals surface area contributed by atoms with Crippen LogP contribution >= 0.6 is 0 Å². The molecule has 1 atom stereocenters. The van der Waals surface area contributed by atoms with Crippen LogP contribution in [-0.4, -0.2) is 16.9 Å². The van der Waals surface area contributed by atoms with E-state index in [2.05, 4.69) is 10.5 Å². The molecule has 0 spiro atoms. The Bertz CT molecular complexity index is 565. The summed E-state index contributed by atoms with van der Waals surface area (Å²) in [6.45, 7) is 0. The summed E-state index contributed by atoms with van der Waals surface area (Å²) in [7, 11) is 3.09. The van der Waals surface area contributed by atoms with Gasteiger partial charge in [0.25, 0.3) is 0 Å². The number of hydrazine groups is 1. The first-order valence-corrected chi connectivity index (χ1v) is 5.56. The molecule has 3 N–H and O–H groups in total. The zero-order chi connectivity index (χ0) is 14.0. The summed E-state index contributed by atoms with van der Waals surface area (Å²) in [6, 6.07) is 2.74. The maximum atomic E-state index is 13.8. The lowest BCUT2D eigenvalue weighted by molar-refractivity contribution is 0.397. The fraction of sp³-hybridized carbons (Fsp3) is 0.250. The van der Waals surface area contributed by atoms with Gasteiger partial charge in [0.1, 0.15) is 17.3 Å². The number of rotatable bonds is 4. The second-order valence-electron chi connectivity index (χ2n) is 3.96. The summed E-state index contributed by atoms with van der Waals surface area (Å²) >= 11 is 0. The molecule has 2 aromatic rings. The summed E-state index contributed by atoms with van der Waals surface area (Å²) in [5.74, 6) is 4.47. The predicted octanol–water partition coefficient (Wildman–Crippen LogP) is 1.26. The van der Waals surface area contributed by atoms with E-state index in [1.807, 2.05) is 0 Å². The van der Waals surface area contributed by atoms with Gasteiger partial charge in [0.05, 0.1) is 19.3 Å². The smallest absolute Gasteiger partial charge is 0.161 e. The highest BCUT2D eigenvalue weighted by molar-refractivity contribution is 5.37. The quantitative estimate of drug-likeness (QED) is 0.647. The number of aromatic nitrogens is 2. The highest BCUT2D eigenvalue weighted by Gasteiger charge is 2.26. The van der Waals surface area contributed by atoms with E-state index in [-0.39, 0.29) is 5.56 Å². The van der Waals surface area contributed by atoms with E-state index in [1.54, 1.807) is 7.05 Å². The van der Waals surface area contributed by atoms with Gasteiger partial charge in [0.15, 0.2) is 5.75 Å². The lowest BCUT2D eigenvalue weighted by Gasteiger charge is -2.19. The van der Waals surface area contributed by atoms with Gasteiger partial charge < -0.3 is 4.74 Å². The molecule has 0 aliphatic rings. The van der Waals surface area contributed by atoms with Crippen LogP contribution in [0.4, 0.5) is 8.78 Å². The maximum Gasteiger partial charge on any atom is 0.161 e. The van der Waals surface area contributed by atoms with E-state index < -0.39 is 17.7 Å². The van der Waals surface area contributed by atoms with Crippen LogP contribution in [0.5, 0.6) is 5.75 Å². The van der Waals surface area contributed by atoms with Gasteiger partial charge in [-0.1, -0.05) is 6.07 Å². The number of nitrogens with two attached hydrogens (primary N) is 1. The molecule has 0 saturated heterocycles. The molecule has 1 unspecified atom stereocenters. The third kappa shape index (κ3) is 2.29. The Morgan fingerprint density at radius 2 is 2.00 bits per heavy atom. The van der Waals surface area contributed by atoms with Crippen LogP contribution < -0.4 is 16.0 Å². The van der Waals surface area contributed by atoms with Gasteiger partial charge in [-0.3, -0.25) is 10.5 Å². The summed E-state index contributed by atoms with van der Waals surface area (Å²) in [5.41, 5.74) is 2.66. The second kappa shape index (κ2) is 5.33. The van der Waals surface area contributed by atoms with E-state index >= 15 is 0 Å². The van der Waals surface area contributed by atoms with Crippen LogP contribution in [0, 0.1) is 11.6 Å². The van der Waals surface area contributed by atoms with Gasteiger partial charge in [-0.25, -0.2) is 14.2 Å². The molecule has 1 heterocycles. The number of nitrogens with one attached hydrogen (secondary N) is 1. The minimum atomic E-state index is -0.899. The number of halogens is 2. The van der Waals surface area contributed by atoms with Crippen LogP contribution in [0.15, 0.2) is 24.4 Å². The minimum absolute atomic E-state index is 0.174. The Labute approximate surface area is 108 Å². The number of methoxy groups -OCH3 is 1. The van der Waals surface area contributed by atoms with Crippen molar-refractivity contribution >= 4 is 0 Å². The largest absolute Gasteiger partial charge is 0.493 e.